The van der Waals surface area contributed by atoms with E-state index >= 15 is 0 Å². The van der Waals surface area contributed by atoms with E-state index in [0.717, 1.165) is 32.0 Å². The largest absolute Gasteiger partial charge is 0.491 e. The predicted molar refractivity (Wildman–Crippen MR) is 246 cm³/mol. The van der Waals surface area contributed by atoms with Gasteiger partial charge in [-0.05, 0) is 36.2 Å². The number of aromatic nitrogens is 10. The third-order valence-electron chi connectivity index (χ3n) is 10.7. The molecule has 0 saturated heterocycles. The Balaban J connectivity index is 0.000000180. The van der Waals surface area contributed by atoms with Gasteiger partial charge in [0.25, 0.3) is 23.6 Å². The number of pyridine rings is 4. The van der Waals surface area contributed by atoms with Crippen LogP contribution in [0, 0.1) is 0 Å². The van der Waals surface area contributed by atoms with Gasteiger partial charge in [0, 0.05) is 42.1 Å². The van der Waals surface area contributed by atoms with Gasteiger partial charge in [-0.25, -0.2) is 15.0 Å². The average Bonchev–Trinajstić information content (AvgIpc) is 4.19. The Hall–Kier alpha value is -8.17. The molecule has 0 fully saturated rings. The Labute approximate surface area is 418 Å². The van der Waals surface area contributed by atoms with Gasteiger partial charge in [-0.3, -0.25) is 38.4 Å². The van der Waals surface area contributed by atoms with Gasteiger partial charge >= 0.3 is 18.5 Å². The van der Waals surface area contributed by atoms with Crippen molar-refractivity contribution >= 4 is 40.5 Å². The highest BCUT2D eigenvalue weighted by Crippen LogP contribution is 2.38. The molecule has 0 radical (unpaired) electrons. The third kappa shape index (κ3) is 12.5. The van der Waals surface area contributed by atoms with Crippen LogP contribution in [-0.4, -0.2) is 108 Å². The Morgan fingerprint density at radius 3 is 1.41 bits per heavy atom. The first-order valence-electron chi connectivity index (χ1n) is 21.5. The summed E-state index contributed by atoms with van der Waals surface area (Å²) < 4.78 is 134. The van der Waals surface area contributed by atoms with E-state index in [-0.39, 0.29) is 46.6 Å². The number of carbonyl (C=O) groups excluding carboxylic acids is 2. The van der Waals surface area contributed by atoms with Crippen LogP contribution in [0.2, 0.25) is 5.02 Å². The van der Waals surface area contributed by atoms with Gasteiger partial charge in [-0.2, -0.15) is 54.8 Å². The number of fused-ring (bicyclic) bond motifs is 2. The van der Waals surface area contributed by atoms with E-state index in [2.05, 4.69) is 35.2 Å². The summed E-state index contributed by atoms with van der Waals surface area (Å²) in [6, 6.07) is 6.76. The molecule has 0 unspecified atom stereocenters. The quantitative estimate of drug-likeness (QED) is 0.114. The van der Waals surface area contributed by atoms with Gasteiger partial charge in [-0.1, -0.05) is 18.5 Å². The maximum atomic E-state index is 13.1. The van der Waals surface area contributed by atoms with Crippen molar-refractivity contribution in [1.29, 1.82) is 0 Å². The lowest BCUT2D eigenvalue weighted by Gasteiger charge is -2.12. The van der Waals surface area contributed by atoms with Gasteiger partial charge < -0.3 is 24.7 Å². The molecule has 0 aromatic carbocycles. The fourth-order valence-corrected chi connectivity index (χ4v) is 7.85. The summed E-state index contributed by atoms with van der Waals surface area (Å²) in [5, 5.41) is 11.0. The van der Waals surface area contributed by atoms with Crippen molar-refractivity contribution in [2.45, 2.75) is 64.6 Å². The summed E-state index contributed by atoms with van der Waals surface area (Å²) in [6.07, 6.45) is -2.24. The molecule has 0 spiro atoms. The molecule has 9 heterocycles. The highest BCUT2D eigenvalue weighted by atomic mass is 35.5. The number of halogens is 10. The molecule has 392 valence electrons. The van der Waals surface area contributed by atoms with Gasteiger partial charge in [0.1, 0.15) is 19.6 Å². The summed E-state index contributed by atoms with van der Waals surface area (Å²) in [4.78, 5) is 46.1. The number of hydrogen-bond donors (Lipinski definition) is 1. The summed E-state index contributed by atoms with van der Waals surface area (Å²) in [6.45, 7) is -1.48. The molecule has 7 aromatic heterocycles. The summed E-state index contributed by atoms with van der Waals surface area (Å²) in [5.41, 5.74) is 10.6. The van der Waals surface area contributed by atoms with Crippen molar-refractivity contribution in [3.63, 3.8) is 0 Å². The monoisotopic (exact) mass is 1070 g/mol. The molecular formula is C45H41ClF9N13O6. The number of nitrogens with two attached hydrogens (primary N) is 1. The van der Waals surface area contributed by atoms with Crippen LogP contribution in [0.1, 0.15) is 44.6 Å². The highest BCUT2D eigenvalue weighted by molar-refractivity contribution is 6.35. The lowest BCUT2D eigenvalue weighted by molar-refractivity contribution is -0.143. The molecule has 7 aromatic rings. The number of carbonyl (C=O) groups is 2. The van der Waals surface area contributed by atoms with Crippen LogP contribution in [0.15, 0.2) is 73.8 Å². The lowest BCUT2D eigenvalue weighted by Crippen LogP contribution is -2.23. The minimum Gasteiger partial charge on any atom is -0.491 e. The van der Waals surface area contributed by atoms with Gasteiger partial charge in [0.15, 0.2) is 11.5 Å². The lowest BCUT2D eigenvalue weighted by atomic mass is 10.0. The van der Waals surface area contributed by atoms with Crippen LogP contribution >= 0.6 is 11.6 Å². The zero-order valence-electron chi connectivity index (χ0n) is 39.3. The summed E-state index contributed by atoms with van der Waals surface area (Å²) in [5.74, 6) is 0.707. The van der Waals surface area contributed by atoms with E-state index in [1.165, 1.54) is 75.3 Å². The number of anilines is 3. The van der Waals surface area contributed by atoms with Crippen LogP contribution < -0.4 is 34.5 Å². The van der Waals surface area contributed by atoms with Crippen LogP contribution in [-0.2, 0) is 39.1 Å². The zero-order chi connectivity index (χ0) is 53.9. The molecule has 0 atom stereocenters. The predicted octanol–water partition coefficient (Wildman–Crippen LogP) is 8.40. The first-order valence-corrected chi connectivity index (χ1v) is 21.8. The van der Waals surface area contributed by atoms with Gasteiger partial charge in [-0.15, -0.1) is 0 Å². The molecule has 74 heavy (non-hydrogen) atoms. The number of methoxy groups -OCH3 is 4. The molecule has 2 amide bonds. The number of ether oxygens (including phenoxy) is 4. The molecule has 9 rings (SSSR count). The molecule has 2 aliphatic rings. The molecule has 29 heteroatoms. The van der Waals surface area contributed by atoms with Crippen molar-refractivity contribution in [3.05, 3.63) is 107 Å². The molecular weight excluding hydrogens is 1030 g/mol. The highest BCUT2D eigenvalue weighted by Gasteiger charge is 2.37. The van der Waals surface area contributed by atoms with Gasteiger partial charge in [0.05, 0.1) is 116 Å². The zero-order valence-corrected chi connectivity index (χ0v) is 40.1. The van der Waals surface area contributed by atoms with E-state index in [1.54, 1.807) is 18.3 Å². The maximum Gasteiger partial charge on any atom is 0.408 e. The number of alkyl halides is 9. The van der Waals surface area contributed by atoms with E-state index in [4.69, 9.17) is 36.3 Å². The smallest absolute Gasteiger partial charge is 0.408 e. The summed E-state index contributed by atoms with van der Waals surface area (Å²) >= 11 is 6.36. The topological polar surface area (TPSA) is 209 Å². The fraction of sp³-hybridized carbons (Fsp3) is 0.311. The molecule has 2 aliphatic heterocycles. The Kier molecular flexibility index (Phi) is 15.6. The molecule has 0 bridgehead atoms. The minimum atomic E-state index is -4.42. The second-order valence-electron chi connectivity index (χ2n) is 15.9. The first kappa shape index (κ1) is 53.6. The van der Waals surface area contributed by atoms with Gasteiger partial charge in [0.2, 0.25) is 0 Å². The van der Waals surface area contributed by atoms with Crippen molar-refractivity contribution < 1.29 is 68.1 Å². The van der Waals surface area contributed by atoms with Crippen LogP contribution in [0.25, 0.3) is 22.5 Å². The number of nitrogen functional groups attached to an aromatic ring is 1. The van der Waals surface area contributed by atoms with E-state index in [1.807, 2.05) is 13.0 Å². The number of amides is 2. The van der Waals surface area contributed by atoms with E-state index < -0.39 is 44.1 Å². The second kappa shape index (κ2) is 21.5. The number of nitrogens with zero attached hydrogens (tertiary/aromatic N) is 12. The molecule has 0 saturated carbocycles. The molecule has 2 N–H and O–H groups in total. The molecule has 19 nitrogen and oxygen atoms in total. The normalized spacial score (nSPS) is 13.2. The number of aryl methyl sites for hydroxylation is 1. The number of hydrogen-bond acceptors (Lipinski definition) is 14. The SMILES string of the molecule is CCc1cc(-c2cnc(OC)c(OC)c2)nc2c1C(=O)N(c1cnn(CC(F)(F)F)c1)C2.COc1cc(-c2cc(Cl)c3c(n2)CN(c2cnn(CC(F)(F)F)c2)C3=O)cnc1OC.Nc1cnn(CC(F)(F)F)c1. The van der Waals surface area contributed by atoms with Crippen LogP contribution in [0.3, 0.4) is 0 Å². The van der Waals surface area contributed by atoms with Crippen molar-refractivity contribution in [1.82, 2.24) is 49.3 Å². The van der Waals surface area contributed by atoms with Crippen molar-refractivity contribution in [2.24, 2.45) is 0 Å². The minimum absolute atomic E-state index is 0.0418. The van der Waals surface area contributed by atoms with E-state index in [0.29, 0.717) is 69.1 Å². The van der Waals surface area contributed by atoms with Crippen LogP contribution in [0.4, 0.5) is 56.6 Å². The number of rotatable bonds is 12. The Morgan fingerprint density at radius 1 is 0.581 bits per heavy atom. The van der Waals surface area contributed by atoms with Crippen molar-refractivity contribution in [2.75, 3.05) is 44.0 Å². The Morgan fingerprint density at radius 2 is 1.00 bits per heavy atom. The summed E-state index contributed by atoms with van der Waals surface area (Å²) in [7, 11) is 5.94. The molecule has 0 aliphatic carbocycles. The van der Waals surface area contributed by atoms with Crippen molar-refractivity contribution in [3.8, 4) is 45.8 Å². The first-order chi connectivity index (χ1) is 34.9. The standard InChI is InChI=1S/C21H20F3N5O3.C19H15ClF3N5O3.C5H6F3N3/c1-4-12-5-15(13-6-17(31-2)19(32-3)25-7-13)27-16-10-29(20(30)18(12)16)14-8-26-28(9-14)11-21(22,23)24;1-30-15-3-10(5-24-17(15)31-2)13-4-12(20)16-14(26-13)8-28(18(16)29)11-6-25-27(7-11)9-19(21,22)23;6-5(7,8)3-11-2-4(9)1-10-11/h5-9H,4,10-11H2,1-3H3;3-7H,8-9H2,1-2H3;1-2H,3,9H2. The third-order valence-corrected chi connectivity index (χ3v) is 11.0. The second-order valence-corrected chi connectivity index (χ2v) is 16.3. The van der Waals surface area contributed by atoms with E-state index in [9.17, 15) is 49.1 Å². The Bertz CT molecular complexity index is 3180. The fourth-order valence-electron chi connectivity index (χ4n) is 7.56. The van der Waals surface area contributed by atoms with Crippen LogP contribution in [0.5, 0.6) is 23.3 Å². The maximum absolute atomic E-state index is 13.1. The average molecular weight is 1070 g/mol.